The van der Waals surface area contributed by atoms with Crippen molar-refractivity contribution in [3.8, 4) is 5.75 Å². The molecule has 6 nitrogen and oxygen atoms in total. The van der Waals surface area contributed by atoms with E-state index >= 15 is 0 Å². The van der Waals surface area contributed by atoms with Gasteiger partial charge in [0.1, 0.15) is 0 Å². The van der Waals surface area contributed by atoms with Crippen LogP contribution in [-0.2, 0) is 17.8 Å². The van der Waals surface area contributed by atoms with Gasteiger partial charge >= 0.3 is 214 Å². The number of likely N-dealkylation sites (tertiary alicyclic amines) is 1. The quantitative estimate of drug-likeness (QED) is 0.447. The second-order valence-corrected chi connectivity index (χ2v) is 13.8. The predicted molar refractivity (Wildman–Crippen MR) is 138 cm³/mol. The number of carbonyl (C=O) groups is 1. The van der Waals surface area contributed by atoms with Crippen LogP contribution in [0.2, 0.25) is 0 Å². The van der Waals surface area contributed by atoms with E-state index in [1.807, 2.05) is 22.2 Å². The molecule has 4 heterocycles. The van der Waals surface area contributed by atoms with E-state index in [9.17, 15) is 9.59 Å². The van der Waals surface area contributed by atoms with Crippen LogP contribution in [-0.4, -0.2) is 65.8 Å². The van der Waals surface area contributed by atoms with Gasteiger partial charge in [-0.05, 0) is 0 Å². The number of hydrogen-bond donors (Lipinski definition) is 0. The van der Waals surface area contributed by atoms with Gasteiger partial charge < -0.3 is 0 Å². The van der Waals surface area contributed by atoms with Gasteiger partial charge in [-0.15, -0.1) is 0 Å². The summed E-state index contributed by atoms with van der Waals surface area (Å²) in [6, 6.07) is 10.0. The predicted octanol–water partition coefficient (Wildman–Crippen LogP) is 3.25. The Labute approximate surface area is 213 Å². The van der Waals surface area contributed by atoms with Crippen LogP contribution in [0.4, 0.5) is 5.69 Å². The van der Waals surface area contributed by atoms with Crippen LogP contribution in [0, 0.1) is 0 Å². The average Bonchev–Trinajstić information content (AvgIpc) is 3.48. The number of nitrogens with zero attached hydrogens (tertiary/aromatic N) is 3. The van der Waals surface area contributed by atoms with E-state index in [0.717, 1.165) is 57.5 Å². The molecule has 0 spiro atoms. The first kappa shape index (κ1) is 22.5. The molecule has 0 saturated carbocycles. The third-order valence-electron chi connectivity index (χ3n) is 6.98. The zero-order valence-corrected chi connectivity index (χ0v) is 22.8. The molecule has 8 heteroatoms. The third-order valence-corrected chi connectivity index (χ3v) is 11.4. The van der Waals surface area contributed by atoms with Gasteiger partial charge in [0, 0.05) is 0 Å². The summed E-state index contributed by atoms with van der Waals surface area (Å²) < 4.78 is 10.4. The number of ether oxygens (including phenoxy) is 1. The van der Waals surface area contributed by atoms with E-state index in [2.05, 4.69) is 17.0 Å². The van der Waals surface area contributed by atoms with Gasteiger partial charge in [0.15, 0.2) is 0 Å². The van der Waals surface area contributed by atoms with Crippen LogP contribution >= 0.6 is 11.5 Å². The summed E-state index contributed by atoms with van der Waals surface area (Å²) in [5.74, 6) is 0.887. The molecule has 2 radical (unpaired) electrons. The molecule has 0 aliphatic carbocycles. The zero-order valence-electron chi connectivity index (χ0n) is 19.1. The molecule has 1 saturated heterocycles. The minimum atomic E-state index is -1.54. The molecule has 174 valence electrons. The van der Waals surface area contributed by atoms with E-state index in [0.29, 0.717) is 24.2 Å². The molecule has 3 aliphatic rings. The second kappa shape index (κ2) is 9.58. The monoisotopic (exact) mass is 581 g/mol. The van der Waals surface area contributed by atoms with Gasteiger partial charge in [-0.2, -0.15) is 0 Å². The van der Waals surface area contributed by atoms with Crippen molar-refractivity contribution in [2.45, 2.75) is 45.1 Å². The Hall–Kier alpha value is -1.97. The molecule has 3 aliphatic heterocycles. The summed E-state index contributed by atoms with van der Waals surface area (Å²) in [4.78, 5) is 33.8. The van der Waals surface area contributed by atoms with Crippen molar-refractivity contribution < 1.29 is 9.53 Å². The van der Waals surface area contributed by atoms with E-state index in [4.69, 9.17) is 9.73 Å². The summed E-state index contributed by atoms with van der Waals surface area (Å²) >= 11 is -0.0589. The van der Waals surface area contributed by atoms with Crippen molar-refractivity contribution in [1.29, 1.82) is 0 Å². The SMILES string of the molecule is O=[C]1[Sn][c]2ccc(CCN3CCCC3)c3c2N=C1c1cccc2c(=O)n(sc12)CCCCCO3. The minimum absolute atomic E-state index is 0.0436. The number of fused-ring (bicyclic) bond motifs is 2. The van der Waals surface area contributed by atoms with E-state index in [1.54, 1.807) is 0 Å². The second-order valence-electron chi connectivity index (χ2n) is 9.25. The van der Waals surface area contributed by atoms with E-state index in [-0.39, 0.29) is 9.36 Å². The molecular formula is C26H27N3O3SSn. The number of benzene rings is 2. The summed E-state index contributed by atoms with van der Waals surface area (Å²) in [6.07, 6.45) is 6.40. The van der Waals surface area contributed by atoms with Crippen molar-refractivity contribution in [3.05, 3.63) is 51.8 Å². The first-order valence-electron chi connectivity index (χ1n) is 12.2. The summed E-state index contributed by atoms with van der Waals surface area (Å²) in [6.45, 7) is 4.73. The number of aliphatic imine (C=N–C) groups is 1. The van der Waals surface area contributed by atoms with E-state index in [1.165, 1.54) is 43.0 Å². The molecule has 2 aromatic carbocycles. The normalized spacial score (nSPS) is 18.7. The van der Waals surface area contributed by atoms with Crippen molar-refractivity contribution in [1.82, 2.24) is 8.86 Å². The van der Waals surface area contributed by atoms with Crippen LogP contribution in [0.5, 0.6) is 5.75 Å². The average molecular weight is 580 g/mol. The number of aryl methyl sites for hydroxylation is 1. The molecular weight excluding hydrogens is 553 g/mol. The number of rotatable bonds is 3. The van der Waals surface area contributed by atoms with Crippen LogP contribution in [0.3, 0.4) is 0 Å². The maximum absolute atomic E-state index is 13.3. The van der Waals surface area contributed by atoms with Gasteiger partial charge in [-0.3, -0.25) is 0 Å². The van der Waals surface area contributed by atoms with Crippen molar-refractivity contribution in [3.63, 3.8) is 0 Å². The van der Waals surface area contributed by atoms with Crippen LogP contribution in [0.25, 0.3) is 10.1 Å². The molecule has 4 bridgehead atoms. The number of carbonyl (C=O) groups excluding carboxylic acids is 1. The van der Waals surface area contributed by atoms with Gasteiger partial charge in [-0.25, -0.2) is 0 Å². The molecule has 0 N–H and O–H groups in total. The van der Waals surface area contributed by atoms with Gasteiger partial charge in [0.2, 0.25) is 0 Å². The zero-order chi connectivity index (χ0) is 23.1. The topological polar surface area (TPSA) is 63.9 Å². The molecule has 1 aromatic heterocycles. The standard InChI is InChI=1S/C26H27N3O3S.Sn/c30-18-23-20-9-7-10-21-25(20)33-29(26(21)31)15-2-1-5-17-32-24-19(8-6-11-22(24)27-23)12-16-28-13-3-4-14-28;/h6-10H,1-5,12-17H2;. The third kappa shape index (κ3) is 4.16. The Balaban J connectivity index is 1.48. The summed E-state index contributed by atoms with van der Waals surface area (Å²) in [7, 11) is 0. The molecule has 34 heavy (non-hydrogen) atoms. The Kier molecular flexibility index (Phi) is 6.34. The fraction of sp³-hybridized carbons (Fsp3) is 0.423. The van der Waals surface area contributed by atoms with E-state index < -0.39 is 21.1 Å². The first-order chi connectivity index (χ1) is 16.7. The molecule has 0 atom stereocenters. The Morgan fingerprint density at radius 3 is 2.74 bits per heavy atom. The molecule has 0 unspecified atom stereocenters. The molecule has 1 fully saturated rings. The molecule has 6 rings (SSSR count). The van der Waals surface area contributed by atoms with Crippen molar-refractivity contribution >= 4 is 61.5 Å². The van der Waals surface area contributed by atoms with Gasteiger partial charge in [-0.1, -0.05) is 0 Å². The number of aromatic nitrogens is 1. The maximum atomic E-state index is 13.3. The Bertz CT molecular complexity index is 1350. The summed E-state index contributed by atoms with van der Waals surface area (Å²) in [5.41, 5.74) is 3.45. The molecule has 3 aromatic rings. The Morgan fingerprint density at radius 1 is 1.00 bits per heavy atom. The van der Waals surface area contributed by atoms with Crippen LogP contribution in [0.1, 0.15) is 43.2 Å². The van der Waals surface area contributed by atoms with Gasteiger partial charge in [0.05, 0.1) is 0 Å². The molecule has 0 amide bonds. The first-order valence-corrected chi connectivity index (χ1v) is 15.9. The van der Waals surface area contributed by atoms with Crippen molar-refractivity contribution in [2.24, 2.45) is 4.99 Å². The Morgan fingerprint density at radius 2 is 1.85 bits per heavy atom. The fourth-order valence-corrected chi connectivity index (χ4v) is 9.14. The van der Waals surface area contributed by atoms with Gasteiger partial charge in [0.25, 0.3) is 0 Å². The van der Waals surface area contributed by atoms with Crippen LogP contribution < -0.4 is 13.9 Å². The van der Waals surface area contributed by atoms with Crippen molar-refractivity contribution in [2.75, 3.05) is 26.2 Å². The van der Waals surface area contributed by atoms with Crippen LogP contribution in [0.15, 0.2) is 40.1 Å². The summed E-state index contributed by atoms with van der Waals surface area (Å²) in [5, 5.41) is 0.694. The number of hydrogen-bond acceptors (Lipinski definition) is 6. The fourth-order valence-electron chi connectivity index (χ4n) is 5.13.